The fourth-order valence-corrected chi connectivity index (χ4v) is 3.71. The molecule has 1 aliphatic rings. The normalized spacial score (nSPS) is 16.9. The Labute approximate surface area is 170 Å². The summed E-state index contributed by atoms with van der Waals surface area (Å²) in [6, 6.07) is 7.61. The molecule has 1 N–H and O–H groups in total. The first kappa shape index (κ1) is 22.7. The molecule has 1 atom stereocenters. The lowest BCUT2D eigenvalue weighted by molar-refractivity contribution is -0.141. The van der Waals surface area contributed by atoms with Gasteiger partial charge in [-0.05, 0) is 82.3 Å². The number of ether oxygens (including phenoxy) is 2. The van der Waals surface area contributed by atoms with Gasteiger partial charge in [-0.2, -0.15) is 0 Å². The minimum absolute atomic E-state index is 0.0890. The van der Waals surface area contributed by atoms with Crippen molar-refractivity contribution in [3.05, 3.63) is 24.3 Å². The molecule has 0 aromatic heterocycles. The Morgan fingerprint density at radius 3 is 2.46 bits per heavy atom. The third kappa shape index (κ3) is 7.44. The fourth-order valence-electron chi connectivity index (χ4n) is 3.71. The lowest BCUT2D eigenvalue weighted by Gasteiger charge is -2.30. The highest BCUT2D eigenvalue weighted by Crippen LogP contribution is 2.24. The smallest absolute Gasteiger partial charge is 0.256 e. The van der Waals surface area contributed by atoms with Crippen molar-refractivity contribution in [1.82, 2.24) is 4.90 Å². The van der Waals surface area contributed by atoms with Crippen molar-refractivity contribution in [3.8, 4) is 5.75 Å². The lowest BCUT2D eigenvalue weighted by Crippen LogP contribution is -2.44. The highest BCUT2D eigenvalue weighted by molar-refractivity contribution is 5.97. The van der Waals surface area contributed by atoms with Gasteiger partial charge in [0.15, 0.2) is 0 Å². The second-order valence-electron chi connectivity index (χ2n) is 8.41. The van der Waals surface area contributed by atoms with Gasteiger partial charge in [0.05, 0.1) is 6.61 Å². The number of anilines is 1. The summed E-state index contributed by atoms with van der Waals surface area (Å²) < 4.78 is 11.7. The first-order valence-electron chi connectivity index (χ1n) is 10.8. The minimum atomic E-state index is -0.811. The average molecular weight is 391 g/mol. The maximum absolute atomic E-state index is 12.8. The van der Waals surface area contributed by atoms with Gasteiger partial charge in [0, 0.05) is 18.8 Å². The zero-order chi connectivity index (χ0) is 20.4. The van der Waals surface area contributed by atoms with E-state index < -0.39 is 5.60 Å². The summed E-state index contributed by atoms with van der Waals surface area (Å²) in [5, 5.41) is 3.00. The van der Waals surface area contributed by atoms with Gasteiger partial charge in [0.25, 0.3) is 5.91 Å². The predicted molar refractivity (Wildman–Crippen MR) is 115 cm³/mol. The van der Waals surface area contributed by atoms with Gasteiger partial charge in [-0.15, -0.1) is 0 Å². The maximum atomic E-state index is 12.8. The first-order chi connectivity index (χ1) is 13.4. The van der Waals surface area contributed by atoms with Crippen LogP contribution in [0.5, 0.6) is 5.75 Å². The Balaban J connectivity index is 1.81. The largest absolute Gasteiger partial charge is 0.494 e. The van der Waals surface area contributed by atoms with Crippen LogP contribution in [0.4, 0.5) is 5.69 Å². The summed E-state index contributed by atoms with van der Waals surface area (Å²) in [7, 11) is 0. The van der Waals surface area contributed by atoms with Gasteiger partial charge in [-0.1, -0.05) is 20.8 Å². The molecular formula is C23H38N2O3. The number of hydrogen-bond donors (Lipinski definition) is 1. The number of nitrogens with one attached hydrogen (secondary N) is 1. The maximum Gasteiger partial charge on any atom is 0.256 e. The molecule has 0 bridgehead atoms. The Bertz CT molecular complexity index is 582. The van der Waals surface area contributed by atoms with E-state index in [4.69, 9.17) is 9.47 Å². The third-order valence-electron chi connectivity index (χ3n) is 5.10. The molecule has 0 saturated carbocycles. The van der Waals surface area contributed by atoms with Crippen molar-refractivity contribution in [2.75, 3.05) is 38.2 Å². The summed E-state index contributed by atoms with van der Waals surface area (Å²) in [5.41, 5.74) is -0.0425. The van der Waals surface area contributed by atoms with Crippen molar-refractivity contribution in [2.24, 2.45) is 5.92 Å². The van der Waals surface area contributed by atoms with Gasteiger partial charge in [-0.25, -0.2) is 0 Å². The molecule has 158 valence electrons. The molecule has 1 saturated heterocycles. The van der Waals surface area contributed by atoms with Crippen LogP contribution in [0.25, 0.3) is 0 Å². The molecule has 1 aromatic rings. The van der Waals surface area contributed by atoms with E-state index >= 15 is 0 Å². The number of rotatable bonds is 12. The van der Waals surface area contributed by atoms with Crippen LogP contribution in [0.2, 0.25) is 0 Å². The highest BCUT2D eigenvalue weighted by atomic mass is 16.5. The SMILES string of the molecule is CCCOC(C)(CC(C)C)C(=O)Nc1ccc(OCCCN2CCCC2)cc1. The van der Waals surface area contributed by atoms with E-state index in [0.717, 1.165) is 37.4 Å². The molecule has 0 aliphatic carbocycles. The molecule has 1 aliphatic heterocycles. The number of amides is 1. The second kappa shape index (κ2) is 11.4. The van der Waals surface area contributed by atoms with Crippen molar-refractivity contribution >= 4 is 11.6 Å². The van der Waals surface area contributed by atoms with Crippen molar-refractivity contribution in [2.45, 2.75) is 65.4 Å². The van der Waals surface area contributed by atoms with Crippen LogP contribution in [-0.4, -0.2) is 49.3 Å². The summed E-state index contributed by atoms with van der Waals surface area (Å²) in [5.74, 6) is 1.13. The molecule has 5 heteroatoms. The summed E-state index contributed by atoms with van der Waals surface area (Å²) >= 11 is 0. The van der Waals surface area contributed by atoms with Crippen LogP contribution in [0.15, 0.2) is 24.3 Å². The average Bonchev–Trinajstić information content (AvgIpc) is 3.18. The Hall–Kier alpha value is -1.59. The van der Waals surface area contributed by atoms with Gasteiger partial charge >= 0.3 is 0 Å². The Kier molecular flexibility index (Phi) is 9.26. The molecule has 0 spiro atoms. The van der Waals surface area contributed by atoms with Crippen molar-refractivity contribution < 1.29 is 14.3 Å². The van der Waals surface area contributed by atoms with Gasteiger partial charge in [-0.3, -0.25) is 4.79 Å². The summed E-state index contributed by atoms with van der Waals surface area (Å²) in [6.07, 6.45) is 5.28. The second-order valence-corrected chi connectivity index (χ2v) is 8.41. The van der Waals surface area contributed by atoms with Crippen LogP contribution in [-0.2, 0) is 9.53 Å². The summed E-state index contributed by atoms with van der Waals surface area (Å²) in [4.78, 5) is 15.3. The number of nitrogens with zero attached hydrogens (tertiary/aromatic N) is 1. The van der Waals surface area contributed by atoms with E-state index in [1.54, 1.807) is 0 Å². The van der Waals surface area contributed by atoms with Crippen molar-refractivity contribution in [1.29, 1.82) is 0 Å². The monoisotopic (exact) mass is 390 g/mol. The van der Waals surface area contributed by atoms with E-state index in [1.165, 1.54) is 25.9 Å². The minimum Gasteiger partial charge on any atom is -0.494 e. The number of carbonyl (C=O) groups excluding carboxylic acids is 1. The standard InChI is InChI=1S/C23H38N2O3/c1-5-16-28-23(4,18-19(2)3)22(26)24-20-9-11-21(12-10-20)27-17-8-15-25-13-6-7-14-25/h9-12,19H,5-8,13-18H2,1-4H3,(H,24,26). The molecule has 5 nitrogen and oxygen atoms in total. The first-order valence-corrected chi connectivity index (χ1v) is 10.8. The Morgan fingerprint density at radius 2 is 1.86 bits per heavy atom. The van der Waals surface area contributed by atoms with Crippen LogP contribution < -0.4 is 10.1 Å². The van der Waals surface area contributed by atoms with Gasteiger partial charge in [0.2, 0.25) is 0 Å². The fraction of sp³-hybridized carbons (Fsp3) is 0.696. The molecular weight excluding hydrogens is 352 g/mol. The third-order valence-corrected chi connectivity index (χ3v) is 5.10. The van der Waals surface area contributed by atoms with E-state index in [9.17, 15) is 4.79 Å². The molecule has 1 amide bonds. The number of carbonyl (C=O) groups is 1. The predicted octanol–water partition coefficient (Wildman–Crippen LogP) is 4.72. The molecule has 1 unspecified atom stereocenters. The molecule has 28 heavy (non-hydrogen) atoms. The van der Waals surface area contributed by atoms with Gasteiger partial charge in [0.1, 0.15) is 11.4 Å². The van der Waals surface area contributed by atoms with E-state index in [2.05, 4.69) is 31.0 Å². The molecule has 0 radical (unpaired) electrons. The molecule has 1 aromatic carbocycles. The van der Waals surface area contributed by atoms with Crippen LogP contribution >= 0.6 is 0 Å². The van der Waals surface area contributed by atoms with Crippen molar-refractivity contribution in [3.63, 3.8) is 0 Å². The van der Waals surface area contributed by atoms with Crippen LogP contribution in [0.3, 0.4) is 0 Å². The molecule has 1 heterocycles. The van der Waals surface area contributed by atoms with Gasteiger partial charge < -0.3 is 19.7 Å². The number of hydrogen-bond acceptors (Lipinski definition) is 4. The number of benzene rings is 1. The van der Waals surface area contributed by atoms with Crippen LogP contribution in [0.1, 0.15) is 59.8 Å². The zero-order valence-electron chi connectivity index (χ0n) is 18.1. The molecule has 1 fully saturated rings. The lowest BCUT2D eigenvalue weighted by atomic mass is 9.93. The number of likely N-dealkylation sites (tertiary alicyclic amines) is 1. The van der Waals surface area contributed by atoms with E-state index in [1.807, 2.05) is 31.2 Å². The zero-order valence-corrected chi connectivity index (χ0v) is 18.1. The quantitative estimate of drug-likeness (QED) is 0.525. The van der Waals surface area contributed by atoms with E-state index in [0.29, 0.717) is 18.9 Å². The van der Waals surface area contributed by atoms with Crippen LogP contribution in [0, 0.1) is 5.92 Å². The Morgan fingerprint density at radius 1 is 1.18 bits per heavy atom. The molecule has 2 rings (SSSR count). The highest BCUT2D eigenvalue weighted by Gasteiger charge is 2.34. The summed E-state index contributed by atoms with van der Waals surface area (Å²) in [6.45, 7) is 13.0. The topological polar surface area (TPSA) is 50.8 Å². The van der Waals surface area contributed by atoms with E-state index in [-0.39, 0.29) is 5.91 Å².